The van der Waals surface area contributed by atoms with Crippen LogP contribution in [0.3, 0.4) is 0 Å². The van der Waals surface area contributed by atoms with Gasteiger partial charge in [-0.2, -0.15) is 0 Å². The summed E-state index contributed by atoms with van der Waals surface area (Å²) in [7, 11) is 0. The predicted octanol–water partition coefficient (Wildman–Crippen LogP) is 2.66. The van der Waals surface area contributed by atoms with Gasteiger partial charge in [0.05, 0.1) is 5.56 Å². The lowest BCUT2D eigenvalue weighted by Gasteiger charge is -2.17. The number of nitrogen functional groups attached to an aromatic ring is 1. The first-order chi connectivity index (χ1) is 8.75. The van der Waals surface area contributed by atoms with Crippen LogP contribution < -0.4 is 5.73 Å². The van der Waals surface area contributed by atoms with Crippen molar-refractivity contribution in [3.05, 3.63) is 42.0 Å². The maximum Gasteiger partial charge on any atom is 0.255 e. The van der Waals surface area contributed by atoms with Crippen molar-refractivity contribution in [1.82, 2.24) is 4.90 Å². The van der Waals surface area contributed by atoms with Crippen LogP contribution in [0.25, 0.3) is 10.8 Å². The van der Waals surface area contributed by atoms with E-state index in [1.54, 1.807) is 0 Å². The number of likely N-dealkylation sites (tertiary alicyclic amines) is 1. The summed E-state index contributed by atoms with van der Waals surface area (Å²) in [6.07, 6.45) is 2.19. The topological polar surface area (TPSA) is 46.3 Å². The number of fused-ring (bicyclic) bond motifs is 1. The first kappa shape index (κ1) is 11.1. The maximum atomic E-state index is 12.4. The fraction of sp³-hybridized carbons (Fsp3) is 0.267. The van der Waals surface area contributed by atoms with Gasteiger partial charge in [0.25, 0.3) is 5.91 Å². The molecule has 1 heterocycles. The Balaban J connectivity index is 2.05. The highest BCUT2D eigenvalue weighted by atomic mass is 16.2. The summed E-state index contributed by atoms with van der Waals surface area (Å²) in [6, 6.07) is 11.8. The first-order valence-corrected chi connectivity index (χ1v) is 6.33. The van der Waals surface area contributed by atoms with Crippen LogP contribution in [0.5, 0.6) is 0 Å². The van der Waals surface area contributed by atoms with Gasteiger partial charge in [-0.25, -0.2) is 0 Å². The lowest BCUT2D eigenvalue weighted by molar-refractivity contribution is 0.0794. The highest BCUT2D eigenvalue weighted by Gasteiger charge is 2.21. The third-order valence-corrected chi connectivity index (χ3v) is 3.54. The molecule has 92 valence electrons. The smallest absolute Gasteiger partial charge is 0.255 e. The number of rotatable bonds is 1. The van der Waals surface area contributed by atoms with Crippen molar-refractivity contribution in [1.29, 1.82) is 0 Å². The van der Waals surface area contributed by atoms with Gasteiger partial charge in [-0.3, -0.25) is 4.79 Å². The zero-order chi connectivity index (χ0) is 12.5. The molecule has 2 aromatic rings. The summed E-state index contributed by atoms with van der Waals surface area (Å²) in [6.45, 7) is 1.70. The van der Waals surface area contributed by atoms with Gasteiger partial charge in [0.1, 0.15) is 0 Å². The molecule has 3 heteroatoms. The van der Waals surface area contributed by atoms with Gasteiger partial charge >= 0.3 is 0 Å². The Kier molecular flexibility index (Phi) is 2.67. The molecule has 0 atom stereocenters. The monoisotopic (exact) mass is 240 g/mol. The number of nitrogens with zero attached hydrogens (tertiary/aromatic N) is 1. The summed E-state index contributed by atoms with van der Waals surface area (Å²) >= 11 is 0. The molecular weight excluding hydrogens is 224 g/mol. The Morgan fingerprint density at radius 2 is 1.67 bits per heavy atom. The zero-order valence-electron chi connectivity index (χ0n) is 10.2. The van der Waals surface area contributed by atoms with Crippen LogP contribution in [0.1, 0.15) is 23.2 Å². The van der Waals surface area contributed by atoms with Crippen molar-refractivity contribution in [3.63, 3.8) is 0 Å². The van der Waals surface area contributed by atoms with Crippen LogP contribution >= 0.6 is 0 Å². The normalized spacial score (nSPS) is 15.2. The van der Waals surface area contributed by atoms with Gasteiger partial charge in [-0.05, 0) is 35.7 Å². The molecule has 1 aliphatic rings. The Labute approximate surface area is 106 Å². The average Bonchev–Trinajstić information content (AvgIpc) is 2.91. The van der Waals surface area contributed by atoms with Crippen molar-refractivity contribution in [2.75, 3.05) is 18.8 Å². The third-order valence-electron chi connectivity index (χ3n) is 3.54. The van der Waals surface area contributed by atoms with Crippen LogP contribution in [0.4, 0.5) is 5.69 Å². The second-order valence-electron chi connectivity index (χ2n) is 4.79. The number of amides is 1. The number of hydrogen-bond donors (Lipinski definition) is 1. The molecule has 3 nitrogen and oxygen atoms in total. The molecule has 3 rings (SSSR count). The standard InChI is InChI=1S/C15H16N2O/c16-14-10-12-6-2-1-5-11(12)9-13(14)15(18)17-7-3-4-8-17/h1-2,5-6,9-10H,3-4,7-8,16H2. The number of hydrogen-bond acceptors (Lipinski definition) is 2. The highest BCUT2D eigenvalue weighted by molar-refractivity contribution is 6.04. The van der Waals surface area contributed by atoms with Gasteiger partial charge < -0.3 is 10.6 Å². The molecule has 1 amide bonds. The molecule has 2 aromatic carbocycles. The Morgan fingerprint density at radius 3 is 2.33 bits per heavy atom. The van der Waals surface area contributed by atoms with E-state index < -0.39 is 0 Å². The van der Waals surface area contributed by atoms with Crippen molar-refractivity contribution >= 4 is 22.4 Å². The van der Waals surface area contributed by atoms with E-state index in [9.17, 15) is 4.79 Å². The SMILES string of the molecule is Nc1cc2ccccc2cc1C(=O)N1CCCC1. The Bertz CT molecular complexity index is 600. The van der Waals surface area contributed by atoms with Gasteiger partial charge in [0, 0.05) is 18.8 Å². The molecule has 0 spiro atoms. The molecule has 2 N–H and O–H groups in total. The number of anilines is 1. The number of carbonyl (C=O) groups is 1. The lowest BCUT2D eigenvalue weighted by atomic mass is 10.0. The highest BCUT2D eigenvalue weighted by Crippen LogP contribution is 2.24. The van der Waals surface area contributed by atoms with E-state index in [-0.39, 0.29) is 5.91 Å². The van der Waals surface area contributed by atoms with Crippen LogP contribution in [0.15, 0.2) is 36.4 Å². The molecule has 1 aliphatic heterocycles. The predicted molar refractivity (Wildman–Crippen MR) is 73.5 cm³/mol. The van der Waals surface area contributed by atoms with E-state index in [0.717, 1.165) is 36.7 Å². The second kappa shape index (κ2) is 4.33. The van der Waals surface area contributed by atoms with Gasteiger partial charge in [-0.1, -0.05) is 24.3 Å². The molecule has 0 saturated carbocycles. The minimum Gasteiger partial charge on any atom is -0.398 e. The fourth-order valence-corrected chi connectivity index (χ4v) is 2.53. The fourth-order valence-electron chi connectivity index (χ4n) is 2.53. The van der Waals surface area contributed by atoms with Crippen molar-refractivity contribution in [2.24, 2.45) is 0 Å². The van der Waals surface area contributed by atoms with Gasteiger partial charge in [0.2, 0.25) is 0 Å². The molecule has 1 fully saturated rings. The number of nitrogens with two attached hydrogens (primary N) is 1. The average molecular weight is 240 g/mol. The van der Waals surface area contributed by atoms with Crippen molar-refractivity contribution < 1.29 is 4.79 Å². The molecule has 1 saturated heterocycles. The number of carbonyl (C=O) groups excluding carboxylic acids is 1. The largest absolute Gasteiger partial charge is 0.398 e. The van der Waals surface area contributed by atoms with Gasteiger partial charge in [0.15, 0.2) is 0 Å². The molecule has 18 heavy (non-hydrogen) atoms. The van der Waals surface area contributed by atoms with Crippen LogP contribution in [0, 0.1) is 0 Å². The summed E-state index contributed by atoms with van der Waals surface area (Å²) in [5, 5.41) is 2.14. The second-order valence-corrected chi connectivity index (χ2v) is 4.79. The first-order valence-electron chi connectivity index (χ1n) is 6.33. The molecule has 0 unspecified atom stereocenters. The van der Waals surface area contributed by atoms with Crippen molar-refractivity contribution in [2.45, 2.75) is 12.8 Å². The lowest BCUT2D eigenvalue weighted by Crippen LogP contribution is -2.28. The van der Waals surface area contributed by atoms with Crippen molar-refractivity contribution in [3.8, 4) is 0 Å². The Morgan fingerprint density at radius 1 is 1.06 bits per heavy atom. The minimum absolute atomic E-state index is 0.0655. The van der Waals surface area contributed by atoms with E-state index >= 15 is 0 Å². The summed E-state index contributed by atoms with van der Waals surface area (Å²) in [5.41, 5.74) is 7.22. The zero-order valence-corrected chi connectivity index (χ0v) is 10.2. The summed E-state index contributed by atoms with van der Waals surface area (Å²) in [5.74, 6) is 0.0655. The quantitative estimate of drug-likeness (QED) is 0.779. The molecule has 0 aromatic heterocycles. The van der Waals surface area contributed by atoms with Crippen LogP contribution in [-0.2, 0) is 0 Å². The third kappa shape index (κ3) is 1.82. The van der Waals surface area contributed by atoms with Crippen LogP contribution in [0.2, 0.25) is 0 Å². The summed E-state index contributed by atoms with van der Waals surface area (Å²) < 4.78 is 0. The number of benzene rings is 2. The van der Waals surface area contributed by atoms with E-state index in [1.165, 1.54) is 0 Å². The molecule has 0 bridgehead atoms. The maximum absolute atomic E-state index is 12.4. The van der Waals surface area contributed by atoms with E-state index in [1.807, 2.05) is 41.3 Å². The van der Waals surface area contributed by atoms with E-state index in [0.29, 0.717) is 11.3 Å². The summed E-state index contributed by atoms with van der Waals surface area (Å²) in [4.78, 5) is 14.2. The minimum atomic E-state index is 0.0655. The van der Waals surface area contributed by atoms with Crippen LogP contribution in [-0.4, -0.2) is 23.9 Å². The van der Waals surface area contributed by atoms with Gasteiger partial charge in [-0.15, -0.1) is 0 Å². The molecule has 0 aliphatic carbocycles. The van der Waals surface area contributed by atoms with E-state index in [2.05, 4.69) is 0 Å². The Hall–Kier alpha value is -2.03. The van der Waals surface area contributed by atoms with E-state index in [4.69, 9.17) is 5.73 Å². The molecule has 0 radical (unpaired) electrons. The molecular formula is C15H16N2O.